The number of rotatable bonds is 6. The summed E-state index contributed by atoms with van der Waals surface area (Å²) in [4.78, 5) is 25.8. The molecule has 0 aliphatic carbocycles. The van der Waals surface area contributed by atoms with Gasteiger partial charge in [-0.3, -0.25) is 9.59 Å². The fourth-order valence-electron chi connectivity index (χ4n) is 2.77. The number of halogens is 2. The molecule has 0 unspecified atom stereocenters. The lowest BCUT2D eigenvalue weighted by Gasteiger charge is -2.31. The van der Waals surface area contributed by atoms with E-state index in [-0.39, 0.29) is 29.9 Å². The predicted molar refractivity (Wildman–Crippen MR) is 85.4 cm³/mol. The average Bonchev–Trinajstić information content (AvgIpc) is 2.57. The van der Waals surface area contributed by atoms with Crippen molar-refractivity contribution in [1.82, 2.24) is 4.90 Å². The minimum Gasteiger partial charge on any atom is -0.466 e. The van der Waals surface area contributed by atoms with Gasteiger partial charge in [0, 0.05) is 31.3 Å². The number of hydrogen-bond acceptors (Lipinski definition) is 4. The fourth-order valence-corrected chi connectivity index (χ4v) is 2.77. The topological polar surface area (TPSA) is 58.6 Å². The zero-order valence-corrected chi connectivity index (χ0v) is 13.7. The third-order valence-corrected chi connectivity index (χ3v) is 3.98. The van der Waals surface area contributed by atoms with Crippen molar-refractivity contribution < 1.29 is 23.1 Å². The Morgan fingerprint density at radius 2 is 2.12 bits per heavy atom. The van der Waals surface area contributed by atoms with Crippen LogP contribution in [0.2, 0.25) is 0 Å². The standard InChI is InChI=1S/C17H22F2N2O3/c1-2-24-17(23)12-4-3-8-21(11-12)9-7-16(22)20-13-5-6-14(18)15(19)10-13/h5-6,10,12H,2-4,7-9,11H2,1H3,(H,20,22)/t12-/m1/s1. The van der Waals surface area contributed by atoms with Gasteiger partial charge < -0.3 is 15.0 Å². The Hall–Kier alpha value is -2.02. The Morgan fingerprint density at radius 1 is 1.33 bits per heavy atom. The number of benzene rings is 1. The second-order valence-corrected chi connectivity index (χ2v) is 5.82. The quantitative estimate of drug-likeness (QED) is 0.809. The Morgan fingerprint density at radius 3 is 2.83 bits per heavy atom. The molecule has 1 N–H and O–H groups in total. The highest BCUT2D eigenvalue weighted by Crippen LogP contribution is 2.18. The number of carbonyl (C=O) groups is 2. The molecule has 132 valence electrons. The molecule has 1 heterocycles. The first-order valence-electron chi connectivity index (χ1n) is 8.13. The first-order chi connectivity index (χ1) is 11.5. The number of amides is 1. The second kappa shape index (κ2) is 8.73. The SMILES string of the molecule is CCOC(=O)[C@@H]1CCCN(CCC(=O)Nc2ccc(F)c(F)c2)C1. The van der Waals surface area contributed by atoms with E-state index in [0.717, 1.165) is 31.5 Å². The number of hydrogen-bond donors (Lipinski definition) is 1. The molecule has 5 nitrogen and oxygen atoms in total. The molecule has 1 aliphatic rings. The van der Waals surface area contributed by atoms with Crippen LogP contribution < -0.4 is 5.32 Å². The zero-order chi connectivity index (χ0) is 17.5. The first-order valence-corrected chi connectivity index (χ1v) is 8.13. The number of anilines is 1. The van der Waals surface area contributed by atoms with Gasteiger partial charge in [-0.15, -0.1) is 0 Å². The highest BCUT2D eigenvalue weighted by Gasteiger charge is 2.26. The van der Waals surface area contributed by atoms with Crippen molar-refractivity contribution in [2.75, 3.05) is 31.6 Å². The molecule has 0 saturated carbocycles. The number of piperidine rings is 1. The van der Waals surface area contributed by atoms with Gasteiger partial charge in [-0.05, 0) is 38.4 Å². The van der Waals surface area contributed by atoms with Crippen molar-refractivity contribution in [3.63, 3.8) is 0 Å². The number of esters is 1. The zero-order valence-electron chi connectivity index (χ0n) is 13.7. The van der Waals surface area contributed by atoms with Crippen LogP contribution in [0.25, 0.3) is 0 Å². The maximum absolute atomic E-state index is 13.1. The van der Waals surface area contributed by atoms with Crippen molar-refractivity contribution in [3.05, 3.63) is 29.8 Å². The monoisotopic (exact) mass is 340 g/mol. The maximum atomic E-state index is 13.1. The minimum absolute atomic E-state index is 0.145. The normalized spacial score (nSPS) is 18.2. The molecule has 1 saturated heterocycles. The van der Waals surface area contributed by atoms with Crippen molar-refractivity contribution >= 4 is 17.6 Å². The lowest BCUT2D eigenvalue weighted by atomic mass is 9.98. The van der Waals surface area contributed by atoms with Crippen molar-refractivity contribution in [1.29, 1.82) is 0 Å². The van der Waals surface area contributed by atoms with Crippen molar-refractivity contribution in [3.8, 4) is 0 Å². The third kappa shape index (κ3) is 5.26. The molecule has 2 rings (SSSR count). The number of carbonyl (C=O) groups excluding carboxylic acids is 2. The van der Waals surface area contributed by atoms with E-state index in [1.165, 1.54) is 6.07 Å². The summed E-state index contributed by atoms with van der Waals surface area (Å²) in [6.45, 7) is 4.06. The molecule has 1 fully saturated rings. The van der Waals surface area contributed by atoms with Gasteiger partial charge in [0.05, 0.1) is 12.5 Å². The molecule has 0 radical (unpaired) electrons. The number of ether oxygens (including phenoxy) is 1. The Labute approximate surface area is 140 Å². The summed E-state index contributed by atoms with van der Waals surface area (Å²) in [5.41, 5.74) is 0.224. The van der Waals surface area contributed by atoms with E-state index >= 15 is 0 Å². The summed E-state index contributed by atoms with van der Waals surface area (Å²) < 4.78 is 31.0. The molecule has 1 aromatic carbocycles. The van der Waals surface area contributed by atoms with E-state index in [1.54, 1.807) is 6.92 Å². The van der Waals surface area contributed by atoms with Crippen LogP contribution in [0.1, 0.15) is 26.2 Å². The smallest absolute Gasteiger partial charge is 0.310 e. The van der Waals surface area contributed by atoms with Crippen LogP contribution in [0.5, 0.6) is 0 Å². The molecule has 0 aromatic heterocycles. The summed E-state index contributed by atoms with van der Waals surface area (Å²) in [5, 5.41) is 2.54. The average molecular weight is 340 g/mol. The van der Waals surface area contributed by atoms with Gasteiger partial charge in [0.1, 0.15) is 0 Å². The van der Waals surface area contributed by atoms with Gasteiger partial charge in [-0.1, -0.05) is 0 Å². The molecule has 24 heavy (non-hydrogen) atoms. The van der Waals surface area contributed by atoms with Gasteiger partial charge >= 0.3 is 5.97 Å². The van der Waals surface area contributed by atoms with Gasteiger partial charge in [-0.25, -0.2) is 8.78 Å². The summed E-state index contributed by atoms with van der Waals surface area (Å²) in [6.07, 6.45) is 1.90. The number of nitrogens with one attached hydrogen (secondary N) is 1. The molecule has 0 bridgehead atoms. The molecule has 0 spiro atoms. The summed E-state index contributed by atoms with van der Waals surface area (Å²) in [7, 11) is 0. The van der Waals surface area contributed by atoms with E-state index in [2.05, 4.69) is 10.2 Å². The number of likely N-dealkylation sites (tertiary alicyclic amines) is 1. The second-order valence-electron chi connectivity index (χ2n) is 5.82. The van der Waals surface area contributed by atoms with Crippen LogP contribution in [0.15, 0.2) is 18.2 Å². The van der Waals surface area contributed by atoms with Crippen LogP contribution in [0.4, 0.5) is 14.5 Å². The molecule has 1 aliphatic heterocycles. The van der Waals surface area contributed by atoms with Crippen LogP contribution in [0, 0.1) is 17.6 Å². The largest absolute Gasteiger partial charge is 0.466 e. The van der Waals surface area contributed by atoms with Crippen molar-refractivity contribution in [2.45, 2.75) is 26.2 Å². The maximum Gasteiger partial charge on any atom is 0.310 e. The van der Waals surface area contributed by atoms with Gasteiger partial charge in [0.2, 0.25) is 5.91 Å². The highest BCUT2D eigenvalue weighted by atomic mass is 19.2. The lowest BCUT2D eigenvalue weighted by Crippen LogP contribution is -2.40. The van der Waals surface area contributed by atoms with E-state index in [1.807, 2.05) is 0 Å². The summed E-state index contributed by atoms with van der Waals surface area (Å²) in [6, 6.07) is 3.23. The molecule has 1 atom stereocenters. The van der Waals surface area contributed by atoms with Gasteiger partial charge in [0.15, 0.2) is 11.6 Å². The van der Waals surface area contributed by atoms with Gasteiger partial charge in [0.25, 0.3) is 0 Å². The van der Waals surface area contributed by atoms with Crippen molar-refractivity contribution in [2.24, 2.45) is 5.92 Å². The molecule has 1 aromatic rings. The molecular weight excluding hydrogens is 318 g/mol. The summed E-state index contributed by atoms with van der Waals surface area (Å²) in [5.74, 6) is -2.56. The molecular formula is C17H22F2N2O3. The molecule has 1 amide bonds. The van der Waals surface area contributed by atoms with E-state index < -0.39 is 11.6 Å². The van der Waals surface area contributed by atoms with Crippen LogP contribution in [0.3, 0.4) is 0 Å². The van der Waals surface area contributed by atoms with E-state index in [0.29, 0.717) is 19.7 Å². The first kappa shape index (κ1) is 18.3. The minimum atomic E-state index is -0.999. The van der Waals surface area contributed by atoms with Gasteiger partial charge in [-0.2, -0.15) is 0 Å². The van der Waals surface area contributed by atoms with E-state index in [9.17, 15) is 18.4 Å². The predicted octanol–water partition coefficient (Wildman–Crippen LogP) is 2.57. The Balaban J connectivity index is 1.78. The van der Waals surface area contributed by atoms with E-state index in [4.69, 9.17) is 4.74 Å². The van der Waals surface area contributed by atoms with Crippen LogP contribution in [-0.2, 0) is 14.3 Å². The highest BCUT2D eigenvalue weighted by molar-refractivity contribution is 5.90. The van der Waals surface area contributed by atoms with Crippen LogP contribution >= 0.6 is 0 Å². The number of nitrogens with zero attached hydrogens (tertiary/aromatic N) is 1. The Kier molecular flexibility index (Phi) is 6.66. The third-order valence-electron chi connectivity index (χ3n) is 3.98. The Bertz CT molecular complexity index is 595. The molecule has 7 heteroatoms. The lowest BCUT2D eigenvalue weighted by molar-refractivity contribution is -0.149. The fraction of sp³-hybridized carbons (Fsp3) is 0.529. The van der Waals surface area contributed by atoms with Crippen LogP contribution in [-0.4, -0.2) is 43.0 Å². The summed E-state index contributed by atoms with van der Waals surface area (Å²) >= 11 is 0.